The molecule has 1 aromatic carbocycles. The van der Waals surface area contributed by atoms with Gasteiger partial charge in [0.2, 0.25) is 10.0 Å². The van der Waals surface area contributed by atoms with Crippen molar-refractivity contribution in [3.63, 3.8) is 0 Å². The van der Waals surface area contributed by atoms with Gasteiger partial charge in [-0.05, 0) is 24.3 Å². The first kappa shape index (κ1) is 17.8. The molecule has 0 bridgehead atoms. The molecule has 2 heterocycles. The molecular weight excluding hydrogens is 369 g/mol. The third-order valence-corrected chi connectivity index (χ3v) is 6.09. The van der Waals surface area contributed by atoms with Crippen LogP contribution in [0.25, 0.3) is 0 Å². The van der Waals surface area contributed by atoms with Crippen LogP contribution in [0, 0.1) is 5.82 Å². The van der Waals surface area contributed by atoms with E-state index < -0.39 is 15.8 Å². The van der Waals surface area contributed by atoms with E-state index in [1.54, 1.807) is 6.07 Å². The summed E-state index contributed by atoms with van der Waals surface area (Å²) in [5.41, 5.74) is 0.206. The highest BCUT2D eigenvalue weighted by atomic mass is 35.5. The third-order valence-electron chi connectivity index (χ3n) is 3.92. The van der Waals surface area contributed by atoms with Crippen molar-refractivity contribution in [1.29, 1.82) is 0 Å². The van der Waals surface area contributed by atoms with E-state index in [-0.39, 0.29) is 42.7 Å². The smallest absolute Gasteiger partial charge is 0.272 e. The lowest BCUT2D eigenvalue weighted by Crippen LogP contribution is -2.50. The van der Waals surface area contributed by atoms with Crippen molar-refractivity contribution >= 4 is 27.5 Å². The van der Waals surface area contributed by atoms with E-state index in [4.69, 9.17) is 11.6 Å². The first-order valence-electron chi connectivity index (χ1n) is 7.55. The van der Waals surface area contributed by atoms with Crippen LogP contribution in [0.2, 0.25) is 5.02 Å². The van der Waals surface area contributed by atoms with Gasteiger partial charge in [-0.3, -0.25) is 9.78 Å². The van der Waals surface area contributed by atoms with Gasteiger partial charge < -0.3 is 4.90 Å². The molecule has 0 saturated carbocycles. The van der Waals surface area contributed by atoms with Crippen LogP contribution in [-0.4, -0.2) is 54.7 Å². The number of carbonyl (C=O) groups excluding carboxylic acids is 1. The normalized spacial score (nSPS) is 16.0. The van der Waals surface area contributed by atoms with Crippen molar-refractivity contribution < 1.29 is 17.6 Å². The quantitative estimate of drug-likeness (QED) is 0.813. The number of aromatic nitrogens is 1. The molecule has 0 atom stereocenters. The Morgan fingerprint density at radius 3 is 2.44 bits per heavy atom. The van der Waals surface area contributed by atoms with Crippen molar-refractivity contribution in [3.05, 3.63) is 59.1 Å². The maximum Gasteiger partial charge on any atom is 0.272 e. The molecule has 0 unspecified atom stereocenters. The molecule has 1 aliphatic rings. The summed E-state index contributed by atoms with van der Waals surface area (Å²) in [7, 11) is -3.93. The summed E-state index contributed by atoms with van der Waals surface area (Å²) in [5, 5.41) is 0.402. The second-order valence-corrected chi connectivity index (χ2v) is 7.83. The number of rotatable bonds is 3. The first-order valence-corrected chi connectivity index (χ1v) is 9.37. The Kier molecular flexibility index (Phi) is 5.03. The number of pyridine rings is 1. The molecular formula is C16H15ClFN3O3S. The summed E-state index contributed by atoms with van der Waals surface area (Å²) in [6, 6.07) is 8.28. The Morgan fingerprint density at radius 1 is 1.12 bits per heavy atom. The van der Waals surface area contributed by atoms with Crippen LogP contribution in [0.4, 0.5) is 4.39 Å². The maximum atomic E-state index is 13.8. The molecule has 1 saturated heterocycles. The number of carbonyl (C=O) groups is 1. The van der Waals surface area contributed by atoms with Gasteiger partial charge in [0, 0.05) is 37.4 Å². The van der Waals surface area contributed by atoms with E-state index in [9.17, 15) is 17.6 Å². The minimum absolute atomic E-state index is 0.0863. The van der Waals surface area contributed by atoms with Gasteiger partial charge in [-0.15, -0.1) is 0 Å². The molecule has 1 aromatic heterocycles. The molecule has 0 spiro atoms. The lowest BCUT2D eigenvalue weighted by molar-refractivity contribution is 0.0692. The molecule has 1 aliphatic heterocycles. The largest absolute Gasteiger partial charge is 0.335 e. The highest BCUT2D eigenvalue weighted by Crippen LogP contribution is 2.21. The molecule has 0 N–H and O–H groups in total. The molecule has 1 fully saturated rings. The highest BCUT2D eigenvalue weighted by Gasteiger charge is 2.32. The Balaban J connectivity index is 1.72. The zero-order valence-electron chi connectivity index (χ0n) is 13.1. The van der Waals surface area contributed by atoms with Crippen LogP contribution in [0.3, 0.4) is 0 Å². The summed E-state index contributed by atoms with van der Waals surface area (Å²) in [5.74, 6) is -1.10. The minimum Gasteiger partial charge on any atom is -0.335 e. The van der Waals surface area contributed by atoms with E-state index in [1.807, 2.05) is 0 Å². The second-order valence-electron chi connectivity index (χ2n) is 5.49. The zero-order valence-corrected chi connectivity index (χ0v) is 14.7. The van der Waals surface area contributed by atoms with E-state index in [1.165, 1.54) is 39.7 Å². The van der Waals surface area contributed by atoms with Gasteiger partial charge >= 0.3 is 0 Å². The van der Waals surface area contributed by atoms with E-state index in [0.29, 0.717) is 5.02 Å². The molecule has 132 valence electrons. The Bertz CT molecular complexity index is 899. The van der Waals surface area contributed by atoms with Crippen molar-refractivity contribution in [3.8, 4) is 0 Å². The van der Waals surface area contributed by atoms with Crippen LogP contribution in [-0.2, 0) is 10.0 Å². The molecule has 0 radical (unpaired) electrons. The fraction of sp³-hybridized carbons (Fsp3) is 0.250. The molecule has 1 amide bonds. The lowest BCUT2D eigenvalue weighted by atomic mass is 10.3. The maximum absolute atomic E-state index is 13.8. The third kappa shape index (κ3) is 3.65. The molecule has 0 aliphatic carbocycles. The fourth-order valence-corrected chi connectivity index (χ4v) is 4.26. The number of sulfonamides is 1. The van der Waals surface area contributed by atoms with Crippen LogP contribution < -0.4 is 0 Å². The van der Waals surface area contributed by atoms with Gasteiger partial charge in [0.15, 0.2) is 0 Å². The van der Waals surface area contributed by atoms with E-state index >= 15 is 0 Å². The first-order chi connectivity index (χ1) is 11.9. The Labute approximate surface area is 149 Å². The summed E-state index contributed by atoms with van der Waals surface area (Å²) in [4.78, 5) is 17.5. The summed E-state index contributed by atoms with van der Waals surface area (Å²) in [6.07, 6.45) is 1.44. The van der Waals surface area contributed by atoms with Crippen molar-refractivity contribution in [1.82, 2.24) is 14.2 Å². The van der Waals surface area contributed by atoms with Gasteiger partial charge in [0.25, 0.3) is 5.91 Å². The average Bonchev–Trinajstić information content (AvgIpc) is 2.61. The highest BCUT2D eigenvalue weighted by molar-refractivity contribution is 7.89. The molecule has 25 heavy (non-hydrogen) atoms. The van der Waals surface area contributed by atoms with Crippen LogP contribution in [0.1, 0.15) is 10.5 Å². The predicted molar refractivity (Wildman–Crippen MR) is 90.3 cm³/mol. The van der Waals surface area contributed by atoms with E-state index in [2.05, 4.69) is 4.98 Å². The topological polar surface area (TPSA) is 70.6 Å². The molecule has 6 nitrogen and oxygen atoms in total. The van der Waals surface area contributed by atoms with Gasteiger partial charge in [0.05, 0.1) is 0 Å². The van der Waals surface area contributed by atoms with Gasteiger partial charge in [-0.25, -0.2) is 12.8 Å². The summed E-state index contributed by atoms with van der Waals surface area (Å²) < 4.78 is 40.1. The lowest BCUT2D eigenvalue weighted by Gasteiger charge is -2.33. The molecule has 3 rings (SSSR count). The predicted octanol–water partition coefficient (Wildman–Crippen LogP) is 2.02. The van der Waals surface area contributed by atoms with Crippen molar-refractivity contribution in [2.75, 3.05) is 26.2 Å². The number of hydrogen-bond acceptors (Lipinski definition) is 4. The number of nitrogens with zero attached hydrogens (tertiary/aromatic N) is 3. The molecule has 2 aromatic rings. The minimum atomic E-state index is -3.93. The van der Waals surface area contributed by atoms with Gasteiger partial charge in [0.1, 0.15) is 16.4 Å². The van der Waals surface area contributed by atoms with Crippen LogP contribution in [0.15, 0.2) is 47.5 Å². The van der Waals surface area contributed by atoms with E-state index in [0.717, 1.165) is 6.07 Å². The number of benzene rings is 1. The zero-order chi connectivity index (χ0) is 18.0. The number of piperazine rings is 1. The second kappa shape index (κ2) is 7.07. The SMILES string of the molecule is O=C(c1cc(Cl)ccn1)N1CCN(S(=O)(=O)c2ccccc2F)CC1. The van der Waals surface area contributed by atoms with Crippen LogP contribution in [0.5, 0.6) is 0 Å². The van der Waals surface area contributed by atoms with Crippen molar-refractivity contribution in [2.24, 2.45) is 0 Å². The Morgan fingerprint density at radius 2 is 1.80 bits per heavy atom. The fourth-order valence-electron chi connectivity index (χ4n) is 2.61. The number of amides is 1. The summed E-state index contributed by atoms with van der Waals surface area (Å²) >= 11 is 5.86. The van der Waals surface area contributed by atoms with Gasteiger partial charge in [-0.2, -0.15) is 4.31 Å². The van der Waals surface area contributed by atoms with Gasteiger partial charge in [-0.1, -0.05) is 23.7 Å². The average molecular weight is 384 g/mol. The van der Waals surface area contributed by atoms with Crippen LogP contribution >= 0.6 is 11.6 Å². The molecule has 9 heteroatoms. The monoisotopic (exact) mass is 383 g/mol. The van der Waals surface area contributed by atoms with Crippen molar-refractivity contribution in [2.45, 2.75) is 4.90 Å². The standard InChI is InChI=1S/C16H15ClFN3O3S/c17-12-5-6-19-14(11-12)16(22)20-7-9-21(10-8-20)25(23,24)15-4-2-1-3-13(15)18/h1-6,11H,7-10H2. The number of halogens is 2. The summed E-state index contributed by atoms with van der Waals surface area (Å²) in [6.45, 7) is 0.563. The Hall–Kier alpha value is -2.03. The number of hydrogen-bond donors (Lipinski definition) is 0.